The molecule has 0 N–H and O–H groups in total. The second-order valence-corrected chi connectivity index (χ2v) is 3.50. The second kappa shape index (κ2) is 6.56. The van der Waals surface area contributed by atoms with E-state index in [1.165, 1.54) is 0 Å². The third-order valence-electron chi connectivity index (χ3n) is 2.08. The van der Waals surface area contributed by atoms with Crippen LogP contribution >= 0.6 is 0 Å². The van der Waals surface area contributed by atoms with Crippen LogP contribution in [0.1, 0.15) is 24.6 Å². The third kappa shape index (κ3) is 4.00. The van der Waals surface area contributed by atoms with Gasteiger partial charge in [0.15, 0.2) is 12.4 Å². The number of halogens is 1. The van der Waals surface area contributed by atoms with Gasteiger partial charge in [-0.05, 0) is 6.42 Å². The van der Waals surface area contributed by atoms with Crippen LogP contribution in [0, 0.1) is 0 Å². The van der Waals surface area contributed by atoms with Crippen LogP contribution in [-0.4, -0.2) is 20.0 Å². The van der Waals surface area contributed by atoms with Crippen molar-refractivity contribution in [3.63, 3.8) is 0 Å². The van der Waals surface area contributed by atoms with Crippen molar-refractivity contribution in [1.82, 2.24) is 0 Å². The highest BCUT2D eigenvalue weighted by Crippen LogP contribution is 2.05. The zero-order valence-electron chi connectivity index (χ0n) is 9.40. The van der Waals surface area contributed by atoms with Gasteiger partial charge >= 0.3 is 5.91 Å². The molecular formula is C11H17BrN2O. The summed E-state index contributed by atoms with van der Waals surface area (Å²) in [4.78, 5) is 13.5. The van der Waals surface area contributed by atoms with Crippen LogP contribution in [0.15, 0.2) is 24.5 Å². The molecular weight excluding hydrogens is 256 g/mol. The Labute approximate surface area is 101 Å². The minimum atomic E-state index is 0. The second-order valence-electron chi connectivity index (χ2n) is 3.50. The van der Waals surface area contributed by atoms with Crippen molar-refractivity contribution >= 4 is 11.6 Å². The number of anilines is 1. The summed E-state index contributed by atoms with van der Waals surface area (Å²) in [5.41, 5.74) is 1.10. The Balaban J connectivity index is 0.00000196. The molecule has 4 heteroatoms. The van der Waals surface area contributed by atoms with Gasteiger partial charge in [0.25, 0.3) is 0 Å². The smallest absolute Gasteiger partial charge is 0.392 e. The van der Waals surface area contributed by atoms with Gasteiger partial charge in [0.2, 0.25) is 0 Å². The first kappa shape index (κ1) is 14.1. The molecule has 0 saturated carbocycles. The van der Waals surface area contributed by atoms with Crippen molar-refractivity contribution in [2.45, 2.75) is 19.8 Å². The lowest BCUT2D eigenvalue weighted by Crippen LogP contribution is -3.00. The van der Waals surface area contributed by atoms with E-state index in [0.717, 1.165) is 12.1 Å². The van der Waals surface area contributed by atoms with E-state index in [0.29, 0.717) is 6.42 Å². The monoisotopic (exact) mass is 272 g/mol. The molecule has 0 aliphatic carbocycles. The van der Waals surface area contributed by atoms with Crippen LogP contribution < -0.4 is 26.4 Å². The van der Waals surface area contributed by atoms with Gasteiger partial charge in [-0.3, -0.25) is 0 Å². The normalized spacial score (nSPS) is 9.27. The molecule has 3 nitrogen and oxygen atoms in total. The number of carbonyl (C=O) groups excluding carboxylic acids is 1. The Morgan fingerprint density at radius 2 is 1.87 bits per heavy atom. The standard InChI is InChI=1S/C11H17N2O.BrH/c1-4-5-11(14)13-8-6-10(7-9-13)12(2)3;/h6-9H,4-5H2,1-3H3;1H/q+1;/p-1. The molecule has 0 spiro atoms. The van der Waals surface area contributed by atoms with E-state index in [4.69, 9.17) is 0 Å². The number of carbonyl (C=O) groups is 1. The number of hydrogen-bond donors (Lipinski definition) is 0. The SMILES string of the molecule is CCCC(=O)[n+]1ccc(N(C)C)cc1.[Br-]. The number of hydrogen-bond acceptors (Lipinski definition) is 2. The lowest BCUT2D eigenvalue weighted by Gasteiger charge is -2.09. The average molecular weight is 273 g/mol. The summed E-state index contributed by atoms with van der Waals surface area (Å²) in [6, 6.07) is 3.88. The van der Waals surface area contributed by atoms with Crippen molar-refractivity contribution in [2.24, 2.45) is 0 Å². The van der Waals surface area contributed by atoms with E-state index < -0.39 is 0 Å². The van der Waals surface area contributed by atoms with E-state index in [1.54, 1.807) is 4.57 Å². The van der Waals surface area contributed by atoms with Crippen LogP contribution in [0.25, 0.3) is 0 Å². The van der Waals surface area contributed by atoms with E-state index in [1.807, 2.05) is 50.4 Å². The van der Waals surface area contributed by atoms with Gasteiger partial charge in [-0.2, -0.15) is 0 Å². The summed E-state index contributed by atoms with van der Waals surface area (Å²) < 4.78 is 1.64. The van der Waals surface area contributed by atoms with Crippen molar-refractivity contribution in [3.8, 4) is 0 Å². The first-order chi connectivity index (χ1) is 6.65. The first-order valence-electron chi connectivity index (χ1n) is 4.87. The molecule has 0 bridgehead atoms. The van der Waals surface area contributed by atoms with Gasteiger partial charge in [-0.1, -0.05) is 6.92 Å². The minimum absolute atomic E-state index is 0. The molecule has 0 fully saturated rings. The summed E-state index contributed by atoms with van der Waals surface area (Å²) in [7, 11) is 3.96. The number of nitrogens with zero attached hydrogens (tertiary/aromatic N) is 2. The average Bonchev–Trinajstić information content (AvgIpc) is 2.18. The number of aromatic nitrogens is 1. The fourth-order valence-corrected chi connectivity index (χ4v) is 1.23. The van der Waals surface area contributed by atoms with Gasteiger partial charge in [0.1, 0.15) is 0 Å². The van der Waals surface area contributed by atoms with E-state index >= 15 is 0 Å². The zero-order valence-corrected chi connectivity index (χ0v) is 11.0. The van der Waals surface area contributed by atoms with Crippen molar-refractivity contribution < 1.29 is 26.3 Å². The first-order valence-corrected chi connectivity index (χ1v) is 4.87. The summed E-state index contributed by atoms with van der Waals surface area (Å²) in [6.07, 6.45) is 5.12. The molecule has 1 heterocycles. The maximum Gasteiger partial charge on any atom is 0.392 e. The fraction of sp³-hybridized carbons (Fsp3) is 0.455. The molecule has 1 aromatic heterocycles. The quantitative estimate of drug-likeness (QED) is 0.625. The van der Waals surface area contributed by atoms with Gasteiger partial charge in [0.05, 0.1) is 6.42 Å². The molecule has 0 aliphatic rings. The minimum Gasteiger partial charge on any atom is -1.00 e. The predicted molar refractivity (Wildman–Crippen MR) is 56.5 cm³/mol. The molecule has 0 radical (unpaired) electrons. The molecule has 0 saturated heterocycles. The highest BCUT2D eigenvalue weighted by atomic mass is 79.9. The molecule has 84 valence electrons. The Hall–Kier alpha value is -0.900. The maximum absolute atomic E-state index is 11.5. The third-order valence-corrected chi connectivity index (χ3v) is 2.08. The van der Waals surface area contributed by atoms with Crippen molar-refractivity contribution in [2.75, 3.05) is 19.0 Å². The predicted octanol–water partition coefficient (Wildman–Crippen LogP) is -1.52. The summed E-state index contributed by atoms with van der Waals surface area (Å²) in [5, 5.41) is 0. The molecule has 0 atom stereocenters. The summed E-state index contributed by atoms with van der Waals surface area (Å²) in [5.74, 6) is 0.151. The van der Waals surface area contributed by atoms with Crippen molar-refractivity contribution in [1.29, 1.82) is 0 Å². The van der Waals surface area contributed by atoms with E-state index in [9.17, 15) is 4.79 Å². The maximum atomic E-state index is 11.5. The molecule has 1 aromatic rings. The lowest BCUT2D eigenvalue weighted by atomic mass is 10.3. The van der Waals surface area contributed by atoms with Crippen molar-refractivity contribution in [3.05, 3.63) is 24.5 Å². The van der Waals surface area contributed by atoms with Crippen LogP contribution in [0.4, 0.5) is 5.69 Å². The Morgan fingerprint density at radius 3 is 2.27 bits per heavy atom. The number of rotatable bonds is 3. The molecule has 0 unspecified atom stereocenters. The fourth-order valence-electron chi connectivity index (χ4n) is 1.23. The molecule has 1 rings (SSSR count). The van der Waals surface area contributed by atoms with E-state index in [2.05, 4.69) is 0 Å². The topological polar surface area (TPSA) is 24.2 Å². The van der Waals surface area contributed by atoms with Gasteiger partial charge < -0.3 is 21.9 Å². The Bertz CT molecular complexity index is 309. The van der Waals surface area contributed by atoms with Gasteiger partial charge in [0, 0.05) is 31.9 Å². The number of pyridine rings is 1. The summed E-state index contributed by atoms with van der Waals surface area (Å²) >= 11 is 0. The highest BCUT2D eigenvalue weighted by molar-refractivity contribution is 5.66. The molecule has 0 amide bonds. The molecule has 15 heavy (non-hydrogen) atoms. The zero-order chi connectivity index (χ0) is 10.6. The van der Waals surface area contributed by atoms with Crippen LogP contribution in [0.5, 0.6) is 0 Å². The Kier molecular flexibility index (Phi) is 6.17. The largest absolute Gasteiger partial charge is 1.00 e. The molecule has 0 aromatic carbocycles. The van der Waals surface area contributed by atoms with E-state index in [-0.39, 0.29) is 22.9 Å². The van der Waals surface area contributed by atoms with Gasteiger partial charge in [-0.25, -0.2) is 4.79 Å². The highest BCUT2D eigenvalue weighted by Gasteiger charge is 2.11. The summed E-state index contributed by atoms with van der Waals surface area (Å²) in [6.45, 7) is 2.01. The lowest BCUT2D eigenvalue weighted by molar-refractivity contribution is -0.574. The molecule has 0 aliphatic heterocycles. The Morgan fingerprint density at radius 1 is 1.33 bits per heavy atom. The van der Waals surface area contributed by atoms with Crippen LogP contribution in [-0.2, 0) is 0 Å². The van der Waals surface area contributed by atoms with Crippen LogP contribution in [0.3, 0.4) is 0 Å². The van der Waals surface area contributed by atoms with Gasteiger partial charge in [-0.15, -0.1) is 4.57 Å². The van der Waals surface area contributed by atoms with Crippen LogP contribution in [0.2, 0.25) is 0 Å².